The fourth-order valence-electron chi connectivity index (χ4n) is 4.45. The van der Waals surface area contributed by atoms with Gasteiger partial charge < -0.3 is 14.8 Å². The standard InChI is InChI=1S/C22H27N3O4/c1-20(2)21(3)9-10-22(20,29-19(21)27)18(26)24-17-13-23-25(14-17)11-12-28-15-16-7-5-4-6-8-16/h4-8,13-14H,9-12,15H2,1-3H3,(H,24,26). The first-order chi connectivity index (χ1) is 13.8. The van der Waals surface area contributed by atoms with E-state index in [-0.39, 0.29) is 11.9 Å². The highest BCUT2D eigenvalue weighted by atomic mass is 16.6. The smallest absolute Gasteiger partial charge is 0.313 e. The van der Waals surface area contributed by atoms with Crippen molar-refractivity contribution >= 4 is 17.6 Å². The topological polar surface area (TPSA) is 82.5 Å². The molecule has 0 spiro atoms. The van der Waals surface area contributed by atoms with E-state index in [9.17, 15) is 9.59 Å². The van der Waals surface area contributed by atoms with E-state index in [0.29, 0.717) is 38.3 Å². The molecule has 29 heavy (non-hydrogen) atoms. The number of rotatable bonds is 7. The minimum atomic E-state index is -1.13. The van der Waals surface area contributed by atoms with Gasteiger partial charge in [0, 0.05) is 11.6 Å². The number of amides is 1. The molecule has 1 saturated carbocycles. The van der Waals surface area contributed by atoms with Crippen LogP contribution in [0.4, 0.5) is 5.69 Å². The lowest BCUT2D eigenvalue weighted by atomic mass is 9.66. The molecule has 7 heteroatoms. The van der Waals surface area contributed by atoms with Gasteiger partial charge in [0.25, 0.3) is 5.91 Å². The van der Waals surface area contributed by atoms with Crippen molar-refractivity contribution in [1.82, 2.24) is 9.78 Å². The van der Waals surface area contributed by atoms with Crippen LogP contribution < -0.4 is 5.32 Å². The highest BCUT2D eigenvalue weighted by Gasteiger charge is 2.75. The summed E-state index contributed by atoms with van der Waals surface area (Å²) in [4.78, 5) is 25.4. The van der Waals surface area contributed by atoms with Gasteiger partial charge in [0.2, 0.25) is 0 Å². The average molecular weight is 397 g/mol. The monoisotopic (exact) mass is 397 g/mol. The molecule has 1 aromatic heterocycles. The summed E-state index contributed by atoms with van der Waals surface area (Å²) < 4.78 is 13.0. The van der Waals surface area contributed by atoms with Crippen molar-refractivity contribution < 1.29 is 19.1 Å². The maximum absolute atomic E-state index is 13.1. The number of carbonyl (C=O) groups excluding carboxylic acids is 2. The lowest BCUT2D eigenvalue weighted by molar-refractivity contribution is -0.165. The Balaban J connectivity index is 1.34. The normalized spacial score (nSPS) is 27.1. The van der Waals surface area contributed by atoms with E-state index in [1.54, 1.807) is 17.1 Å². The van der Waals surface area contributed by atoms with E-state index in [1.807, 2.05) is 51.1 Å². The Morgan fingerprint density at radius 1 is 1.24 bits per heavy atom. The number of benzene rings is 1. The van der Waals surface area contributed by atoms with Crippen LogP contribution in [0.3, 0.4) is 0 Å². The molecule has 1 N–H and O–H groups in total. The third kappa shape index (κ3) is 3.04. The molecule has 2 heterocycles. The van der Waals surface area contributed by atoms with Gasteiger partial charge in [0.1, 0.15) is 0 Å². The average Bonchev–Trinajstić information content (AvgIpc) is 3.27. The van der Waals surface area contributed by atoms with Gasteiger partial charge in [-0.1, -0.05) is 44.2 Å². The van der Waals surface area contributed by atoms with Crippen LogP contribution in [0.25, 0.3) is 0 Å². The molecular formula is C22H27N3O4. The molecule has 2 aromatic rings. The minimum Gasteiger partial charge on any atom is -0.448 e. The molecule has 1 aliphatic carbocycles. The predicted octanol–water partition coefficient (Wildman–Crippen LogP) is 3.16. The van der Waals surface area contributed by atoms with Gasteiger partial charge in [-0.3, -0.25) is 14.3 Å². The highest BCUT2D eigenvalue weighted by molar-refractivity contribution is 6.03. The second-order valence-electron chi connectivity index (χ2n) is 8.66. The third-order valence-electron chi connectivity index (χ3n) is 6.92. The Morgan fingerprint density at radius 3 is 2.66 bits per heavy atom. The SMILES string of the molecule is CC12CCC(C(=O)Nc3cnn(CCOCc4ccccc4)c3)(OC1=O)C2(C)C. The molecule has 2 aliphatic rings. The van der Waals surface area contributed by atoms with Crippen LogP contribution in [-0.4, -0.2) is 33.9 Å². The van der Waals surface area contributed by atoms with E-state index in [2.05, 4.69) is 10.4 Å². The maximum atomic E-state index is 13.1. The van der Waals surface area contributed by atoms with Crippen LogP contribution >= 0.6 is 0 Å². The van der Waals surface area contributed by atoms with Gasteiger partial charge in [-0.05, 0) is 25.3 Å². The lowest BCUT2D eigenvalue weighted by Crippen LogP contribution is -2.50. The van der Waals surface area contributed by atoms with Crippen LogP contribution in [0.2, 0.25) is 0 Å². The summed E-state index contributed by atoms with van der Waals surface area (Å²) in [6.07, 6.45) is 4.56. The summed E-state index contributed by atoms with van der Waals surface area (Å²) in [5.41, 5.74) is -0.607. The summed E-state index contributed by atoms with van der Waals surface area (Å²) in [5, 5.41) is 7.17. The largest absolute Gasteiger partial charge is 0.448 e. The molecule has 154 valence electrons. The summed E-state index contributed by atoms with van der Waals surface area (Å²) >= 11 is 0. The first-order valence-electron chi connectivity index (χ1n) is 9.98. The van der Waals surface area contributed by atoms with Crippen molar-refractivity contribution in [3.8, 4) is 0 Å². The number of fused-ring (bicyclic) bond motifs is 2. The van der Waals surface area contributed by atoms with E-state index < -0.39 is 16.4 Å². The summed E-state index contributed by atoms with van der Waals surface area (Å²) in [6, 6.07) is 9.98. The van der Waals surface area contributed by atoms with Gasteiger partial charge in [0.15, 0.2) is 5.60 Å². The fourth-order valence-corrected chi connectivity index (χ4v) is 4.45. The molecule has 2 fully saturated rings. The Kier molecular flexibility index (Phi) is 4.73. The minimum absolute atomic E-state index is 0.281. The Bertz CT molecular complexity index is 923. The Labute approximate surface area is 170 Å². The molecule has 7 nitrogen and oxygen atoms in total. The first kappa shape index (κ1) is 19.6. The predicted molar refractivity (Wildman–Crippen MR) is 107 cm³/mol. The molecule has 1 saturated heterocycles. The molecule has 2 bridgehead atoms. The van der Waals surface area contributed by atoms with Crippen molar-refractivity contribution in [1.29, 1.82) is 0 Å². The number of nitrogens with zero attached hydrogens (tertiary/aromatic N) is 2. The maximum Gasteiger partial charge on any atom is 0.313 e. The molecular weight excluding hydrogens is 370 g/mol. The number of aromatic nitrogens is 2. The summed E-state index contributed by atoms with van der Waals surface area (Å²) in [6.45, 7) is 7.41. The van der Waals surface area contributed by atoms with E-state index in [0.717, 1.165) is 5.56 Å². The van der Waals surface area contributed by atoms with E-state index >= 15 is 0 Å². The fraction of sp³-hybridized carbons (Fsp3) is 0.500. The lowest BCUT2D eigenvalue weighted by Gasteiger charge is -2.35. The van der Waals surface area contributed by atoms with E-state index in [4.69, 9.17) is 9.47 Å². The summed E-state index contributed by atoms with van der Waals surface area (Å²) in [5.74, 6) is -0.563. The quantitative estimate of drug-likeness (QED) is 0.573. The highest BCUT2D eigenvalue weighted by Crippen LogP contribution is 2.65. The van der Waals surface area contributed by atoms with E-state index in [1.165, 1.54) is 0 Å². The van der Waals surface area contributed by atoms with Crippen LogP contribution in [-0.2, 0) is 32.2 Å². The van der Waals surface area contributed by atoms with Crippen molar-refractivity contribution in [3.05, 3.63) is 48.3 Å². The van der Waals surface area contributed by atoms with Gasteiger partial charge in [-0.25, -0.2) is 0 Å². The van der Waals surface area contributed by atoms with Crippen LogP contribution in [0.5, 0.6) is 0 Å². The van der Waals surface area contributed by atoms with Crippen LogP contribution in [0, 0.1) is 10.8 Å². The second kappa shape index (κ2) is 6.99. The number of nitrogens with one attached hydrogen (secondary N) is 1. The van der Waals surface area contributed by atoms with Crippen LogP contribution in [0.15, 0.2) is 42.7 Å². The van der Waals surface area contributed by atoms with Gasteiger partial charge in [0.05, 0.1) is 37.1 Å². The number of ether oxygens (including phenoxy) is 2. The summed E-state index contributed by atoms with van der Waals surface area (Å²) in [7, 11) is 0. The van der Waals surface area contributed by atoms with Crippen LogP contribution in [0.1, 0.15) is 39.2 Å². The molecule has 1 aliphatic heterocycles. The number of anilines is 1. The molecule has 2 unspecified atom stereocenters. The number of esters is 1. The molecule has 1 aromatic carbocycles. The molecule has 4 rings (SSSR count). The zero-order valence-electron chi connectivity index (χ0n) is 17.1. The number of hydrogen-bond acceptors (Lipinski definition) is 5. The first-order valence-corrected chi connectivity index (χ1v) is 9.98. The molecule has 0 radical (unpaired) electrons. The Hall–Kier alpha value is -2.67. The van der Waals surface area contributed by atoms with Crippen molar-refractivity contribution in [2.75, 3.05) is 11.9 Å². The zero-order chi connectivity index (χ0) is 20.7. The zero-order valence-corrected chi connectivity index (χ0v) is 17.1. The van der Waals surface area contributed by atoms with Crippen molar-refractivity contribution in [3.63, 3.8) is 0 Å². The van der Waals surface area contributed by atoms with Crippen molar-refractivity contribution in [2.45, 2.75) is 52.4 Å². The number of hydrogen-bond donors (Lipinski definition) is 1. The molecule has 2 atom stereocenters. The van der Waals surface area contributed by atoms with Gasteiger partial charge in [-0.15, -0.1) is 0 Å². The Morgan fingerprint density at radius 2 is 2.00 bits per heavy atom. The molecule has 1 amide bonds. The third-order valence-corrected chi connectivity index (χ3v) is 6.92. The van der Waals surface area contributed by atoms with Gasteiger partial charge in [-0.2, -0.15) is 5.10 Å². The second-order valence-corrected chi connectivity index (χ2v) is 8.66. The number of carbonyl (C=O) groups is 2. The van der Waals surface area contributed by atoms with Crippen molar-refractivity contribution in [2.24, 2.45) is 10.8 Å². The van der Waals surface area contributed by atoms with Gasteiger partial charge >= 0.3 is 5.97 Å².